The van der Waals surface area contributed by atoms with Crippen molar-refractivity contribution >= 4 is 23.4 Å². The predicted octanol–water partition coefficient (Wildman–Crippen LogP) is 1.22. The second kappa shape index (κ2) is 5.22. The van der Waals surface area contributed by atoms with Crippen LogP contribution in [-0.4, -0.2) is 32.1 Å². The molecule has 17 heavy (non-hydrogen) atoms. The van der Waals surface area contributed by atoms with Gasteiger partial charge in [0.2, 0.25) is 0 Å². The number of rotatable bonds is 5. The van der Waals surface area contributed by atoms with Crippen molar-refractivity contribution in [2.45, 2.75) is 39.2 Å². The Morgan fingerprint density at radius 3 is 2.35 bits per heavy atom. The Morgan fingerprint density at radius 1 is 1.41 bits per heavy atom. The third-order valence-electron chi connectivity index (χ3n) is 2.83. The Kier molecular flexibility index (Phi) is 4.17. The van der Waals surface area contributed by atoms with Crippen LogP contribution in [-0.2, 0) is 4.79 Å². The molecule has 1 heterocycles. The minimum absolute atomic E-state index is 0.329. The van der Waals surface area contributed by atoms with Crippen LogP contribution >= 0.6 is 11.5 Å². The molecule has 1 aromatic heterocycles. The smallest absolute Gasteiger partial charge is 0.329 e. The molecule has 0 bridgehead atoms. The first-order valence-corrected chi connectivity index (χ1v) is 6.09. The molecule has 94 valence electrons. The maximum absolute atomic E-state index is 11.9. The predicted molar refractivity (Wildman–Crippen MR) is 63.1 cm³/mol. The zero-order valence-electron chi connectivity index (χ0n) is 9.98. The molecular formula is C10H15N3O3S. The topological polar surface area (TPSA) is 92.2 Å². The number of aliphatic carboxylic acids is 1. The van der Waals surface area contributed by atoms with E-state index in [1.807, 2.05) is 0 Å². The number of carbonyl (C=O) groups is 2. The van der Waals surface area contributed by atoms with E-state index in [1.54, 1.807) is 20.8 Å². The standard InChI is InChI=1S/C10H15N3O3S/c1-4-10(5-2,9(15)16)11-8(14)7-6(3)12-13-17-7/h4-5H2,1-3H3,(H,11,14)(H,15,16). The van der Waals surface area contributed by atoms with Crippen molar-refractivity contribution in [3.05, 3.63) is 10.6 Å². The van der Waals surface area contributed by atoms with Gasteiger partial charge in [-0.05, 0) is 31.3 Å². The number of hydrogen-bond acceptors (Lipinski definition) is 5. The van der Waals surface area contributed by atoms with E-state index in [2.05, 4.69) is 14.9 Å². The quantitative estimate of drug-likeness (QED) is 0.827. The minimum Gasteiger partial charge on any atom is -0.480 e. The van der Waals surface area contributed by atoms with Crippen LogP contribution in [0.5, 0.6) is 0 Å². The lowest BCUT2D eigenvalue weighted by Crippen LogP contribution is -2.53. The largest absolute Gasteiger partial charge is 0.480 e. The molecule has 0 aromatic carbocycles. The van der Waals surface area contributed by atoms with Crippen LogP contribution < -0.4 is 5.32 Å². The number of carboxylic acid groups (broad SMARTS) is 1. The van der Waals surface area contributed by atoms with Crippen molar-refractivity contribution in [2.24, 2.45) is 0 Å². The van der Waals surface area contributed by atoms with Crippen molar-refractivity contribution in [2.75, 3.05) is 0 Å². The Bertz CT molecular complexity index is 426. The van der Waals surface area contributed by atoms with Gasteiger partial charge in [0.1, 0.15) is 10.4 Å². The summed E-state index contributed by atoms with van der Waals surface area (Å²) in [6.45, 7) is 5.13. The van der Waals surface area contributed by atoms with Crippen LogP contribution in [0.4, 0.5) is 0 Å². The average Bonchev–Trinajstić information content (AvgIpc) is 2.72. The zero-order valence-corrected chi connectivity index (χ0v) is 10.8. The lowest BCUT2D eigenvalue weighted by atomic mass is 9.93. The molecular weight excluding hydrogens is 242 g/mol. The highest BCUT2D eigenvalue weighted by Crippen LogP contribution is 2.18. The van der Waals surface area contributed by atoms with E-state index in [4.69, 9.17) is 0 Å². The van der Waals surface area contributed by atoms with Gasteiger partial charge in [-0.3, -0.25) is 4.79 Å². The highest BCUT2D eigenvalue weighted by Gasteiger charge is 2.37. The number of hydrogen-bond donors (Lipinski definition) is 2. The molecule has 1 aromatic rings. The highest BCUT2D eigenvalue weighted by molar-refractivity contribution is 7.08. The maximum Gasteiger partial charge on any atom is 0.329 e. The number of carbonyl (C=O) groups excluding carboxylic acids is 1. The molecule has 0 radical (unpaired) electrons. The van der Waals surface area contributed by atoms with Gasteiger partial charge in [0.25, 0.3) is 5.91 Å². The summed E-state index contributed by atoms with van der Waals surface area (Å²) in [5, 5.41) is 15.5. The average molecular weight is 257 g/mol. The van der Waals surface area contributed by atoms with E-state index in [9.17, 15) is 14.7 Å². The van der Waals surface area contributed by atoms with Gasteiger partial charge in [-0.25, -0.2) is 4.79 Å². The van der Waals surface area contributed by atoms with E-state index < -0.39 is 17.4 Å². The number of amides is 1. The van der Waals surface area contributed by atoms with E-state index in [0.29, 0.717) is 23.4 Å². The molecule has 1 rings (SSSR count). The Morgan fingerprint density at radius 2 is 2.00 bits per heavy atom. The summed E-state index contributed by atoms with van der Waals surface area (Å²) in [6, 6.07) is 0. The second-order valence-corrected chi connectivity index (χ2v) is 4.49. The molecule has 7 heteroatoms. The van der Waals surface area contributed by atoms with Gasteiger partial charge in [-0.15, -0.1) is 5.10 Å². The summed E-state index contributed by atoms with van der Waals surface area (Å²) in [4.78, 5) is 23.5. The summed E-state index contributed by atoms with van der Waals surface area (Å²) in [5.74, 6) is -1.45. The SMILES string of the molecule is CCC(CC)(NC(=O)c1snnc1C)C(=O)O. The first kappa shape index (κ1) is 13.6. The van der Waals surface area contributed by atoms with Crippen LogP contribution in [0.2, 0.25) is 0 Å². The molecule has 0 saturated heterocycles. The van der Waals surface area contributed by atoms with E-state index in [-0.39, 0.29) is 0 Å². The fourth-order valence-electron chi connectivity index (χ4n) is 1.50. The molecule has 0 atom stereocenters. The molecule has 0 spiro atoms. The number of aryl methyl sites for hydroxylation is 1. The number of nitrogens with one attached hydrogen (secondary N) is 1. The van der Waals surface area contributed by atoms with Gasteiger partial charge in [0.15, 0.2) is 0 Å². The monoisotopic (exact) mass is 257 g/mol. The number of aromatic nitrogens is 2. The van der Waals surface area contributed by atoms with Crippen LogP contribution in [0, 0.1) is 6.92 Å². The molecule has 2 N–H and O–H groups in total. The molecule has 0 saturated carbocycles. The molecule has 0 unspecified atom stereocenters. The van der Waals surface area contributed by atoms with Gasteiger partial charge in [-0.1, -0.05) is 18.3 Å². The van der Waals surface area contributed by atoms with Crippen molar-refractivity contribution < 1.29 is 14.7 Å². The summed E-state index contributed by atoms with van der Waals surface area (Å²) >= 11 is 0.965. The molecule has 1 amide bonds. The van der Waals surface area contributed by atoms with Crippen molar-refractivity contribution in [1.82, 2.24) is 14.9 Å². The molecule has 0 aliphatic heterocycles. The Hall–Kier alpha value is -1.50. The minimum atomic E-state index is -1.21. The van der Waals surface area contributed by atoms with Crippen molar-refractivity contribution in [3.63, 3.8) is 0 Å². The highest BCUT2D eigenvalue weighted by atomic mass is 32.1. The van der Waals surface area contributed by atoms with Crippen molar-refractivity contribution in [1.29, 1.82) is 0 Å². The van der Waals surface area contributed by atoms with Gasteiger partial charge in [0.05, 0.1) is 5.69 Å². The van der Waals surface area contributed by atoms with Crippen molar-refractivity contribution in [3.8, 4) is 0 Å². The van der Waals surface area contributed by atoms with E-state index in [1.165, 1.54) is 0 Å². The second-order valence-electron chi connectivity index (χ2n) is 3.74. The fourth-order valence-corrected chi connectivity index (χ4v) is 2.05. The summed E-state index contributed by atoms with van der Waals surface area (Å²) in [7, 11) is 0. The van der Waals surface area contributed by atoms with Gasteiger partial charge in [0, 0.05) is 0 Å². The van der Waals surface area contributed by atoms with Crippen LogP contribution in [0.25, 0.3) is 0 Å². The third kappa shape index (κ3) is 2.60. The van der Waals surface area contributed by atoms with Crippen LogP contribution in [0.3, 0.4) is 0 Å². The van der Waals surface area contributed by atoms with E-state index >= 15 is 0 Å². The normalized spacial score (nSPS) is 11.2. The van der Waals surface area contributed by atoms with Crippen LogP contribution in [0.1, 0.15) is 42.1 Å². The molecule has 0 fully saturated rings. The Balaban J connectivity index is 2.93. The third-order valence-corrected chi connectivity index (χ3v) is 3.65. The summed E-state index contributed by atoms with van der Waals surface area (Å²) in [5.41, 5.74) is -0.702. The lowest BCUT2D eigenvalue weighted by Gasteiger charge is -2.27. The first-order valence-electron chi connectivity index (χ1n) is 5.31. The van der Waals surface area contributed by atoms with Gasteiger partial charge < -0.3 is 10.4 Å². The van der Waals surface area contributed by atoms with Gasteiger partial charge in [-0.2, -0.15) is 0 Å². The molecule has 0 aliphatic rings. The number of nitrogens with zero attached hydrogens (tertiary/aromatic N) is 2. The van der Waals surface area contributed by atoms with Gasteiger partial charge >= 0.3 is 5.97 Å². The molecule has 6 nitrogen and oxygen atoms in total. The zero-order chi connectivity index (χ0) is 13.1. The fraction of sp³-hybridized carbons (Fsp3) is 0.600. The van der Waals surface area contributed by atoms with E-state index in [0.717, 1.165) is 11.5 Å². The number of carboxylic acids is 1. The summed E-state index contributed by atoms with van der Waals surface area (Å²) < 4.78 is 3.65. The van der Waals surface area contributed by atoms with Crippen LogP contribution in [0.15, 0.2) is 0 Å². The maximum atomic E-state index is 11.9. The Labute approximate surface area is 103 Å². The first-order chi connectivity index (χ1) is 7.96. The molecule has 0 aliphatic carbocycles. The lowest BCUT2D eigenvalue weighted by molar-refractivity contribution is -0.144. The summed E-state index contributed by atoms with van der Waals surface area (Å²) in [6.07, 6.45) is 0.658.